The van der Waals surface area contributed by atoms with Crippen LogP contribution < -0.4 is 11.1 Å². The molecule has 3 unspecified atom stereocenters. The van der Waals surface area contributed by atoms with Gasteiger partial charge in [0.25, 0.3) is 0 Å². The van der Waals surface area contributed by atoms with Gasteiger partial charge < -0.3 is 20.9 Å². The molecule has 1 aliphatic heterocycles. The topological polar surface area (TPSA) is 84.6 Å². The first kappa shape index (κ1) is 13.4. The van der Waals surface area contributed by atoms with E-state index in [0.717, 1.165) is 0 Å². The first-order valence-corrected chi connectivity index (χ1v) is 5.67. The SMILES string of the molecule is CC(C)C(O)CNC(=O)C1(C)COCC1N. The van der Waals surface area contributed by atoms with Crippen molar-refractivity contribution in [2.75, 3.05) is 19.8 Å². The van der Waals surface area contributed by atoms with Crippen molar-refractivity contribution in [3.05, 3.63) is 0 Å². The monoisotopic (exact) mass is 230 g/mol. The van der Waals surface area contributed by atoms with Gasteiger partial charge in [-0.3, -0.25) is 4.79 Å². The van der Waals surface area contributed by atoms with Gasteiger partial charge in [-0.05, 0) is 12.8 Å². The predicted molar refractivity (Wildman–Crippen MR) is 60.8 cm³/mol. The number of carbonyl (C=O) groups excluding carboxylic acids is 1. The molecule has 1 aliphatic rings. The third-order valence-electron chi connectivity index (χ3n) is 3.28. The Morgan fingerprint density at radius 3 is 2.75 bits per heavy atom. The number of amides is 1. The van der Waals surface area contributed by atoms with Gasteiger partial charge in [-0.2, -0.15) is 0 Å². The second-order valence-corrected chi connectivity index (χ2v) is 5.06. The van der Waals surface area contributed by atoms with Gasteiger partial charge in [0.1, 0.15) is 0 Å². The molecule has 4 N–H and O–H groups in total. The van der Waals surface area contributed by atoms with Crippen molar-refractivity contribution in [3.63, 3.8) is 0 Å². The minimum atomic E-state index is -0.670. The maximum absolute atomic E-state index is 11.9. The van der Waals surface area contributed by atoms with E-state index in [4.69, 9.17) is 10.5 Å². The lowest BCUT2D eigenvalue weighted by molar-refractivity contribution is -0.131. The quantitative estimate of drug-likeness (QED) is 0.607. The third kappa shape index (κ3) is 2.72. The highest BCUT2D eigenvalue weighted by atomic mass is 16.5. The average Bonchev–Trinajstić information content (AvgIpc) is 2.56. The molecular formula is C11H22N2O3. The number of aliphatic hydroxyl groups excluding tert-OH is 1. The summed E-state index contributed by atoms with van der Waals surface area (Å²) in [4.78, 5) is 11.9. The first-order valence-electron chi connectivity index (χ1n) is 5.67. The fourth-order valence-electron chi connectivity index (χ4n) is 1.56. The molecule has 0 saturated carbocycles. The second kappa shape index (κ2) is 5.12. The van der Waals surface area contributed by atoms with Crippen LogP contribution in [0.1, 0.15) is 20.8 Å². The van der Waals surface area contributed by atoms with Crippen molar-refractivity contribution in [1.29, 1.82) is 0 Å². The molecule has 1 saturated heterocycles. The van der Waals surface area contributed by atoms with E-state index in [-0.39, 0.29) is 24.4 Å². The van der Waals surface area contributed by atoms with Crippen molar-refractivity contribution in [2.24, 2.45) is 17.1 Å². The van der Waals surface area contributed by atoms with E-state index >= 15 is 0 Å². The van der Waals surface area contributed by atoms with Crippen LogP contribution in [-0.4, -0.2) is 42.9 Å². The lowest BCUT2D eigenvalue weighted by Gasteiger charge is -2.26. The van der Waals surface area contributed by atoms with Crippen LogP contribution in [0.5, 0.6) is 0 Å². The largest absolute Gasteiger partial charge is 0.391 e. The van der Waals surface area contributed by atoms with Gasteiger partial charge in [-0.1, -0.05) is 13.8 Å². The number of hydrogen-bond acceptors (Lipinski definition) is 4. The van der Waals surface area contributed by atoms with Crippen LogP contribution in [0.2, 0.25) is 0 Å². The highest BCUT2D eigenvalue weighted by molar-refractivity contribution is 5.83. The summed E-state index contributed by atoms with van der Waals surface area (Å²) >= 11 is 0. The Hall–Kier alpha value is -0.650. The van der Waals surface area contributed by atoms with Gasteiger partial charge in [-0.15, -0.1) is 0 Å². The van der Waals surface area contributed by atoms with Crippen LogP contribution >= 0.6 is 0 Å². The van der Waals surface area contributed by atoms with E-state index in [0.29, 0.717) is 13.2 Å². The highest BCUT2D eigenvalue weighted by Crippen LogP contribution is 2.27. The molecule has 0 bridgehead atoms. The summed E-state index contributed by atoms with van der Waals surface area (Å²) in [5, 5.41) is 12.3. The second-order valence-electron chi connectivity index (χ2n) is 5.06. The maximum atomic E-state index is 11.9. The number of nitrogens with two attached hydrogens (primary N) is 1. The zero-order valence-corrected chi connectivity index (χ0v) is 10.2. The summed E-state index contributed by atoms with van der Waals surface area (Å²) in [6.45, 7) is 6.63. The molecule has 1 amide bonds. The first-order chi connectivity index (χ1) is 7.38. The van der Waals surface area contributed by atoms with Crippen molar-refractivity contribution in [3.8, 4) is 0 Å². The van der Waals surface area contributed by atoms with Crippen LogP contribution in [0.4, 0.5) is 0 Å². The Morgan fingerprint density at radius 1 is 1.69 bits per heavy atom. The zero-order valence-electron chi connectivity index (χ0n) is 10.2. The van der Waals surface area contributed by atoms with Gasteiger partial charge in [0.15, 0.2) is 0 Å². The van der Waals surface area contributed by atoms with E-state index in [1.54, 1.807) is 6.92 Å². The molecule has 0 aromatic heterocycles. The molecule has 1 rings (SSSR count). The molecule has 5 heteroatoms. The number of carbonyl (C=O) groups is 1. The van der Waals surface area contributed by atoms with E-state index in [2.05, 4.69) is 5.32 Å². The smallest absolute Gasteiger partial charge is 0.230 e. The Balaban J connectivity index is 2.46. The molecule has 0 spiro atoms. The Kier molecular flexibility index (Phi) is 4.29. The zero-order chi connectivity index (χ0) is 12.3. The molecule has 16 heavy (non-hydrogen) atoms. The summed E-state index contributed by atoms with van der Waals surface area (Å²) in [7, 11) is 0. The third-order valence-corrected chi connectivity index (χ3v) is 3.28. The van der Waals surface area contributed by atoms with Crippen molar-refractivity contribution in [1.82, 2.24) is 5.32 Å². The molecule has 0 aliphatic carbocycles. The van der Waals surface area contributed by atoms with Crippen LogP contribution in [0, 0.1) is 11.3 Å². The number of ether oxygens (including phenoxy) is 1. The number of aliphatic hydroxyl groups is 1. The normalized spacial score (nSPS) is 31.8. The standard InChI is InChI=1S/C11H22N2O3/c1-7(2)8(14)4-13-10(15)11(3)6-16-5-9(11)12/h7-9,14H,4-6,12H2,1-3H3,(H,13,15). The van der Waals surface area contributed by atoms with Crippen molar-refractivity contribution < 1.29 is 14.6 Å². The molecule has 3 atom stereocenters. The van der Waals surface area contributed by atoms with E-state index < -0.39 is 11.5 Å². The summed E-state index contributed by atoms with van der Waals surface area (Å²) in [6.07, 6.45) is -0.522. The Labute approximate surface area is 96.3 Å². The summed E-state index contributed by atoms with van der Waals surface area (Å²) in [5.74, 6) is -0.0150. The summed E-state index contributed by atoms with van der Waals surface area (Å²) in [5.41, 5.74) is 5.16. The van der Waals surface area contributed by atoms with E-state index in [9.17, 15) is 9.90 Å². The Morgan fingerprint density at radius 2 is 2.31 bits per heavy atom. The van der Waals surface area contributed by atoms with Gasteiger partial charge in [0, 0.05) is 12.6 Å². The molecule has 0 radical (unpaired) electrons. The Bertz CT molecular complexity index is 258. The number of rotatable bonds is 4. The highest BCUT2D eigenvalue weighted by Gasteiger charge is 2.44. The molecule has 0 aromatic carbocycles. The molecule has 5 nitrogen and oxygen atoms in total. The maximum Gasteiger partial charge on any atom is 0.230 e. The lowest BCUT2D eigenvalue weighted by atomic mass is 9.85. The fraction of sp³-hybridized carbons (Fsp3) is 0.909. The van der Waals surface area contributed by atoms with Crippen LogP contribution in [0.25, 0.3) is 0 Å². The van der Waals surface area contributed by atoms with Gasteiger partial charge in [0.05, 0.1) is 24.7 Å². The average molecular weight is 230 g/mol. The fourth-order valence-corrected chi connectivity index (χ4v) is 1.56. The van der Waals surface area contributed by atoms with Gasteiger partial charge in [-0.25, -0.2) is 0 Å². The lowest BCUT2D eigenvalue weighted by Crippen LogP contribution is -2.51. The summed E-state index contributed by atoms with van der Waals surface area (Å²) in [6, 6.07) is -0.274. The molecule has 0 aromatic rings. The molecule has 94 valence electrons. The van der Waals surface area contributed by atoms with Gasteiger partial charge in [0.2, 0.25) is 5.91 Å². The van der Waals surface area contributed by atoms with Crippen LogP contribution in [-0.2, 0) is 9.53 Å². The summed E-state index contributed by atoms with van der Waals surface area (Å²) < 4.78 is 5.20. The molecular weight excluding hydrogens is 208 g/mol. The van der Waals surface area contributed by atoms with Gasteiger partial charge >= 0.3 is 0 Å². The van der Waals surface area contributed by atoms with Crippen molar-refractivity contribution >= 4 is 5.91 Å². The van der Waals surface area contributed by atoms with Crippen LogP contribution in [0.15, 0.2) is 0 Å². The minimum absolute atomic E-state index is 0.126. The van der Waals surface area contributed by atoms with Crippen molar-refractivity contribution in [2.45, 2.75) is 32.9 Å². The molecule has 1 fully saturated rings. The predicted octanol–water partition coefficient (Wildman–Crippen LogP) is -0.517. The van der Waals surface area contributed by atoms with E-state index in [1.807, 2.05) is 13.8 Å². The molecule has 1 heterocycles. The van der Waals surface area contributed by atoms with E-state index in [1.165, 1.54) is 0 Å². The minimum Gasteiger partial charge on any atom is -0.391 e. The van der Waals surface area contributed by atoms with Crippen LogP contribution in [0.3, 0.4) is 0 Å². The number of hydrogen-bond donors (Lipinski definition) is 3. The number of nitrogens with one attached hydrogen (secondary N) is 1.